The summed E-state index contributed by atoms with van der Waals surface area (Å²) in [4.78, 5) is 2.31. The maximum absolute atomic E-state index is 9.67. The average Bonchev–Trinajstić information content (AvgIpc) is 3.11. The molecule has 1 aromatic heterocycles. The number of nitrogens with zero attached hydrogens (tertiary/aromatic N) is 3. The monoisotopic (exact) mass is 251 g/mol. The Morgan fingerprint density at radius 2 is 2.22 bits per heavy atom. The molecule has 2 fully saturated rings. The molecule has 1 aromatic rings. The third-order valence-electron chi connectivity index (χ3n) is 3.99. The summed E-state index contributed by atoms with van der Waals surface area (Å²) in [7, 11) is 0. The first kappa shape index (κ1) is 12.1. The Morgan fingerprint density at radius 1 is 1.39 bits per heavy atom. The molecule has 2 atom stereocenters. The van der Waals surface area contributed by atoms with E-state index in [4.69, 9.17) is 4.42 Å². The van der Waals surface area contributed by atoms with Gasteiger partial charge in [0.05, 0.1) is 12.6 Å². The summed E-state index contributed by atoms with van der Waals surface area (Å²) in [5, 5.41) is 17.9. The first-order valence-electron chi connectivity index (χ1n) is 6.95. The van der Waals surface area contributed by atoms with Crippen molar-refractivity contribution in [2.24, 2.45) is 5.92 Å². The van der Waals surface area contributed by atoms with Gasteiger partial charge in [-0.3, -0.25) is 4.90 Å². The van der Waals surface area contributed by atoms with E-state index in [2.05, 4.69) is 15.1 Å². The van der Waals surface area contributed by atoms with Gasteiger partial charge in [-0.25, -0.2) is 0 Å². The van der Waals surface area contributed by atoms with Crippen LogP contribution in [0, 0.1) is 5.92 Å². The molecule has 100 valence electrons. The maximum Gasteiger partial charge on any atom is 0.230 e. The highest BCUT2D eigenvalue weighted by Crippen LogP contribution is 2.39. The Morgan fingerprint density at radius 3 is 2.94 bits per heavy atom. The van der Waals surface area contributed by atoms with E-state index in [0.29, 0.717) is 11.8 Å². The lowest BCUT2D eigenvalue weighted by Crippen LogP contribution is -2.39. The van der Waals surface area contributed by atoms with Crippen LogP contribution in [0.5, 0.6) is 0 Å². The number of rotatable bonds is 4. The van der Waals surface area contributed by atoms with Crippen LogP contribution in [0.1, 0.15) is 50.3 Å². The molecule has 3 rings (SSSR count). The predicted octanol–water partition coefficient (Wildman–Crippen LogP) is 1.54. The van der Waals surface area contributed by atoms with E-state index in [1.54, 1.807) is 0 Å². The number of aliphatic hydroxyl groups is 1. The third kappa shape index (κ3) is 2.72. The molecule has 1 saturated heterocycles. The van der Waals surface area contributed by atoms with E-state index < -0.39 is 0 Å². The highest BCUT2D eigenvalue weighted by atomic mass is 16.4. The first-order chi connectivity index (χ1) is 8.72. The fourth-order valence-corrected chi connectivity index (χ4v) is 2.65. The van der Waals surface area contributed by atoms with E-state index in [0.717, 1.165) is 44.3 Å². The van der Waals surface area contributed by atoms with Crippen molar-refractivity contribution in [2.45, 2.75) is 51.2 Å². The van der Waals surface area contributed by atoms with Crippen molar-refractivity contribution in [3.63, 3.8) is 0 Å². The predicted molar refractivity (Wildman–Crippen MR) is 66.0 cm³/mol. The Kier molecular flexibility index (Phi) is 3.35. The van der Waals surface area contributed by atoms with Crippen molar-refractivity contribution in [2.75, 3.05) is 13.1 Å². The maximum atomic E-state index is 9.67. The van der Waals surface area contributed by atoms with Gasteiger partial charge in [0.15, 0.2) is 0 Å². The van der Waals surface area contributed by atoms with Crippen molar-refractivity contribution >= 4 is 0 Å². The van der Waals surface area contributed by atoms with E-state index in [9.17, 15) is 5.11 Å². The molecule has 0 unspecified atom stereocenters. The summed E-state index contributed by atoms with van der Waals surface area (Å²) in [6, 6.07) is 0. The summed E-state index contributed by atoms with van der Waals surface area (Å²) < 4.78 is 5.68. The van der Waals surface area contributed by atoms with Crippen LogP contribution in [0.4, 0.5) is 0 Å². The van der Waals surface area contributed by atoms with Crippen molar-refractivity contribution < 1.29 is 9.52 Å². The summed E-state index contributed by atoms with van der Waals surface area (Å²) in [5.74, 6) is 2.44. The number of likely N-dealkylation sites (tertiary alicyclic amines) is 1. The number of aliphatic hydroxyl groups excluding tert-OH is 1. The van der Waals surface area contributed by atoms with Gasteiger partial charge in [-0.05, 0) is 45.1 Å². The molecule has 0 bridgehead atoms. The van der Waals surface area contributed by atoms with Crippen LogP contribution in [0.2, 0.25) is 0 Å². The normalized spacial score (nSPS) is 27.3. The zero-order valence-electron chi connectivity index (χ0n) is 10.9. The lowest BCUT2D eigenvalue weighted by molar-refractivity contribution is 0.0563. The summed E-state index contributed by atoms with van der Waals surface area (Å²) in [6.07, 6.45) is 4.41. The van der Waals surface area contributed by atoms with Crippen molar-refractivity contribution in [1.82, 2.24) is 15.1 Å². The van der Waals surface area contributed by atoms with Crippen LogP contribution < -0.4 is 0 Å². The Balaban J connectivity index is 1.57. The smallest absolute Gasteiger partial charge is 0.230 e. The molecular weight excluding hydrogens is 230 g/mol. The molecule has 2 heterocycles. The Bertz CT molecular complexity index is 401. The topological polar surface area (TPSA) is 62.4 Å². The van der Waals surface area contributed by atoms with Gasteiger partial charge in [0, 0.05) is 12.5 Å². The van der Waals surface area contributed by atoms with E-state index in [-0.39, 0.29) is 6.10 Å². The summed E-state index contributed by atoms with van der Waals surface area (Å²) >= 11 is 0. The molecular formula is C13H21N3O2. The van der Waals surface area contributed by atoms with Gasteiger partial charge in [0.2, 0.25) is 11.8 Å². The second kappa shape index (κ2) is 4.97. The van der Waals surface area contributed by atoms with Gasteiger partial charge in [-0.2, -0.15) is 0 Å². The van der Waals surface area contributed by atoms with Crippen LogP contribution in [-0.4, -0.2) is 39.4 Å². The van der Waals surface area contributed by atoms with Gasteiger partial charge in [0.1, 0.15) is 0 Å². The van der Waals surface area contributed by atoms with E-state index >= 15 is 0 Å². The molecule has 2 aliphatic rings. The van der Waals surface area contributed by atoms with Crippen LogP contribution in [0.15, 0.2) is 4.42 Å². The minimum atomic E-state index is -0.225. The SMILES string of the molecule is C[C@@H](O)[C@H]1CCCN(Cc2nnc(C3CC3)o2)C1. The van der Waals surface area contributed by atoms with Crippen molar-refractivity contribution in [1.29, 1.82) is 0 Å². The van der Waals surface area contributed by atoms with E-state index in [1.807, 2.05) is 6.92 Å². The van der Waals surface area contributed by atoms with E-state index in [1.165, 1.54) is 12.8 Å². The zero-order valence-corrected chi connectivity index (χ0v) is 10.9. The van der Waals surface area contributed by atoms with Gasteiger partial charge in [-0.15, -0.1) is 10.2 Å². The molecule has 5 nitrogen and oxygen atoms in total. The molecule has 0 radical (unpaired) electrons. The van der Waals surface area contributed by atoms with Gasteiger partial charge < -0.3 is 9.52 Å². The van der Waals surface area contributed by atoms with Crippen LogP contribution in [0.25, 0.3) is 0 Å². The molecule has 18 heavy (non-hydrogen) atoms. The lowest BCUT2D eigenvalue weighted by atomic mass is 9.93. The highest BCUT2D eigenvalue weighted by Gasteiger charge is 2.30. The van der Waals surface area contributed by atoms with Crippen molar-refractivity contribution in [3.05, 3.63) is 11.8 Å². The molecule has 0 spiro atoms. The second-order valence-electron chi connectivity index (χ2n) is 5.69. The summed E-state index contributed by atoms with van der Waals surface area (Å²) in [6.45, 7) is 4.60. The Labute approximate surface area is 107 Å². The fourth-order valence-electron chi connectivity index (χ4n) is 2.65. The molecule has 0 amide bonds. The van der Waals surface area contributed by atoms with Gasteiger partial charge in [0.25, 0.3) is 0 Å². The van der Waals surface area contributed by atoms with Crippen LogP contribution in [-0.2, 0) is 6.54 Å². The quantitative estimate of drug-likeness (QED) is 0.879. The van der Waals surface area contributed by atoms with Gasteiger partial charge in [-0.1, -0.05) is 0 Å². The molecule has 1 aliphatic heterocycles. The van der Waals surface area contributed by atoms with Crippen molar-refractivity contribution in [3.8, 4) is 0 Å². The number of aromatic nitrogens is 2. The number of piperidine rings is 1. The van der Waals surface area contributed by atoms with Gasteiger partial charge >= 0.3 is 0 Å². The number of hydrogen-bond donors (Lipinski definition) is 1. The molecule has 5 heteroatoms. The van der Waals surface area contributed by atoms with Crippen LogP contribution in [0.3, 0.4) is 0 Å². The standard InChI is InChI=1S/C13H21N3O2/c1-9(17)11-3-2-6-16(7-11)8-12-14-15-13(18-12)10-4-5-10/h9-11,17H,2-8H2,1H3/t9-,11+/m1/s1. The molecule has 1 saturated carbocycles. The molecule has 0 aromatic carbocycles. The molecule has 1 aliphatic carbocycles. The number of hydrogen-bond acceptors (Lipinski definition) is 5. The molecule has 1 N–H and O–H groups in total. The zero-order chi connectivity index (χ0) is 12.5. The Hall–Kier alpha value is -0.940. The first-order valence-corrected chi connectivity index (χ1v) is 6.95. The second-order valence-corrected chi connectivity index (χ2v) is 5.69. The summed E-state index contributed by atoms with van der Waals surface area (Å²) in [5.41, 5.74) is 0. The largest absolute Gasteiger partial charge is 0.424 e. The van der Waals surface area contributed by atoms with Crippen LogP contribution >= 0.6 is 0 Å². The highest BCUT2D eigenvalue weighted by molar-refractivity contribution is 5.00. The minimum Gasteiger partial charge on any atom is -0.424 e. The fraction of sp³-hybridized carbons (Fsp3) is 0.846. The third-order valence-corrected chi connectivity index (χ3v) is 3.99. The lowest BCUT2D eigenvalue weighted by Gasteiger charge is -2.33. The minimum absolute atomic E-state index is 0.225. The average molecular weight is 251 g/mol.